The summed E-state index contributed by atoms with van der Waals surface area (Å²) in [5.74, 6) is 0. The summed E-state index contributed by atoms with van der Waals surface area (Å²) < 4.78 is 0. The SMILES string of the molecule is CC(Cl)CCC[SiH]([SiH3])Cl. The van der Waals surface area contributed by atoms with Crippen LogP contribution in [0.4, 0.5) is 0 Å². The fourth-order valence-electron chi connectivity index (χ4n) is 0.680. The Balaban J connectivity index is 2.91. The van der Waals surface area contributed by atoms with E-state index in [1.165, 1.54) is 22.2 Å². The lowest BCUT2D eigenvalue weighted by Crippen LogP contribution is -2.03. The molecule has 2 unspecified atom stereocenters. The molecule has 56 valence electrons. The molecule has 0 rings (SSSR count). The minimum Gasteiger partial charge on any atom is -0.176 e. The highest BCUT2D eigenvalue weighted by molar-refractivity contribution is 7.31. The fraction of sp³-hybridized carbons (Fsp3) is 1.00. The molecule has 0 fully saturated rings. The van der Waals surface area contributed by atoms with Gasteiger partial charge < -0.3 is 0 Å². The normalized spacial score (nSPS) is 17.7. The third-order valence-electron chi connectivity index (χ3n) is 1.20. The Labute approximate surface area is 71.4 Å². The maximum absolute atomic E-state index is 5.92. The highest BCUT2D eigenvalue weighted by atomic mass is 35.6. The van der Waals surface area contributed by atoms with Gasteiger partial charge in [-0.05, 0) is 19.4 Å². The molecule has 0 nitrogen and oxygen atoms in total. The number of hydrogen-bond acceptors (Lipinski definition) is 0. The predicted octanol–water partition coefficient (Wildman–Crippen LogP) is 1.22. The zero-order chi connectivity index (χ0) is 7.28. The maximum atomic E-state index is 5.92. The summed E-state index contributed by atoms with van der Waals surface area (Å²) in [7, 11) is 0.563. The van der Waals surface area contributed by atoms with Gasteiger partial charge in [-0.25, -0.2) is 0 Å². The van der Waals surface area contributed by atoms with Crippen LogP contribution in [0.5, 0.6) is 0 Å². The Bertz CT molecular complexity index is 58.0. The minimum atomic E-state index is -0.677. The van der Waals surface area contributed by atoms with Gasteiger partial charge in [0.1, 0.15) is 7.62 Å². The van der Waals surface area contributed by atoms with E-state index in [9.17, 15) is 0 Å². The zero-order valence-electron chi connectivity index (χ0n) is 6.03. The van der Waals surface area contributed by atoms with E-state index in [1.807, 2.05) is 6.92 Å². The van der Waals surface area contributed by atoms with E-state index >= 15 is 0 Å². The van der Waals surface area contributed by atoms with Crippen molar-refractivity contribution in [3.8, 4) is 0 Å². The number of alkyl halides is 1. The monoisotopic (exact) mass is 200 g/mol. The van der Waals surface area contributed by atoms with Crippen molar-refractivity contribution in [3.63, 3.8) is 0 Å². The molecular weight excluding hydrogens is 187 g/mol. The van der Waals surface area contributed by atoms with Crippen LogP contribution in [-0.2, 0) is 0 Å². The standard InChI is InChI=1S/C5H14Cl2Si2/c1-5(6)3-2-4-9(7)8/h5,9H,2-4H2,1,8H3. The molecule has 0 spiro atoms. The minimum absolute atomic E-state index is 0.344. The summed E-state index contributed by atoms with van der Waals surface area (Å²) in [5, 5.41) is 0.344. The average Bonchev–Trinajstić information content (AvgIpc) is 1.63. The van der Waals surface area contributed by atoms with Crippen LogP contribution in [-0.4, -0.2) is 22.8 Å². The van der Waals surface area contributed by atoms with E-state index in [1.54, 1.807) is 0 Å². The molecule has 0 aliphatic heterocycles. The molecule has 0 saturated heterocycles. The summed E-state index contributed by atoms with van der Waals surface area (Å²) in [4.78, 5) is 0. The lowest BCUT2D eigenvalue weighted by molar-refractivity contribution is 0.777. The molecule has 0 N–H and O–H groups in total. The Morgan fingerprint density at radius 3 is 2.56 bits per heavy atom. The highest BCUT2D eigenvalue weighted by Crippen LogP contribution is 2.08. The molecule has 0 aromatic carbocycles. The summed E-state index contributed by atoms with van der Waals surface area (Å²) in [6.07, 6.45) is 2.38. The van der Waals surface area contributed by atoms with Gasteiger partial charge in [-0.2, -0.15) is 11.1 Å². The van der Waals surface area contributed by atoms with E-state index in [0.29, 0.717) is 5.38 Å². The molecule has 0 aliphatic carbocycles. The Kier molecular flexibility index (Phi) is 6.42. The fourth-order valence-corrected chi connectivity index (χ4v) is 3.32. The molecule has 0 aromatic heterocycles. The van der Waals surface area contributed by atoms with Gasteiger partial charge >= 0.3 is 0 Å². The van der Waals surface area contributed by atoms with Crippen molar-refractivity contribution in [3.05, 3.63) is 0 Å². The summed E-state index contributed by atoms with van der Waals surface area (Å²) in [6, 6.07) is 1.28. The summed E-state index contributed by atoms with van der Waals surface area (Å²) >= 11 is 11.7. The third kappa shape index (κ3) is 9.01. The first-order valence-electron chi connectivity index (χ1n) is 3.41. The number of hydrogen-bond donors (Lipinski definition) is 0. The Morgan fingerprint density at radius 2 is 2.22 bits per heavy atom. The topological polar surface area (TPSA) is 0 Å². The molecule has 0 radical (unpaired) electrons. The smallest absolute Gasteiger partial charge is 0.121 e. The van der Waals surface area contributed by atoms with Crippen LogP contribution in [0.2, 0.25) is 6.04 Å². The predicted molar refractivity (Wildman–Crippen MR) is 52.3 cm³/mol. The number of halogens is 2. The van der Waals surface area contributed by atoms with E-state index in [-0.39, 0.29) is 0 Å². The van der Waals surface area contributed by atoms with Gasteiger partial charge in [-0.15, -0.1) is 11.6 Å². The van der Waals surface area contributed by atoms with E-state index in [2.05, 4.69) is 0 Å². The van der Waals surface area contributed by atoms with Gasteiger partial charge in [-0.3, -0.25) is 0 Å². The van der Waals surface area contributed by atoms with Gasteiger partial charge in [-0.1, -0.05) is 6.42 Å². The molecule has 0 aromatic rings. The molecule has 0 saturated carbocycles. The van der Waals surface area contributed by atoms with Crippen molar-refractivity contribution in [2.75, 3.05) is 0 Å². The van der Waals surface area contributed by atoms with E-state index in [4.69, 9.17) is 22.7 Å². The molecule has 9 heavy (non-hydrogen) atoms. The first kappa shape index (κ1) is 10.0. The van der Waals surface area contributed by atoms with Crippen molar-refractivity contribution in [1.82, 2.24) is 0 Å². The van der Waals surface area contributed by atoms with E-state index in [0.717, 1.165) is 6.42 Å². The average molecular weight is 201 g/mol. The number of rotatable bonds is 4. The Morgan fingerprint density at radius 1 is 1.67 bits per heavy atom. The molecule has 0 bridgehead atoms. The summed E-state index contributed by atoms with van der Waals surface area (Å²) in [6.45, 7) is 2.04. The quantitative estimate of drug-likeness (QED) is 0.364. The lowest BCUT2D eigenvalue weighted by Gasteiger charge is -2.01. The zero-order valence-corrected chi connectivity index (χ0v) is 10.7. The molecule has 0 aliphatic rings. The second-order valence-corrected chi connectivity index (χ2v) is 14.0. The van der Waals surface area contributed by atoms with Crippen molar-refractivity contribution < 1.29 is 0 Å². The van der Waals surface area contributed by atoms with Crippen molar-refractivity contribution in [2.24, 2.45) is 0 Å². The molecular formula is C5H14Cl2Si2. The largest absolute Gasteiger partial charge is 0.176 e. The van der Waals surface area contributed by atoms with Crippen LogP contribution >= 0.6 is 22.7 Å². The van der Waals surface area contributed by atoms with Gasteiger partial charge in [0.15, 0.2) is 0 Å². The van der Waals surface area contributed by atoms with Gasteiger partial charge in [0, 0.05) is 15.1 Å². The Hall–Kier alpha value is 1.01. The van der Waals surface area contributed by atoms with Crippen molar-refractivity contribution >= 4 is 40.1 Å². The third-order valence-corrected chi connectivity index (χ3v) is 5.01. The lowest BCUT2D eigenvalue weighted by atomic mass is 10.3. The van der Waals surface area contributed by atoms with Crippen LogP contribution in [0.25, 0.3) is 0 Å². The highest BCUT2D eigenvalue weighted by Gasteiger charge is 2.00. The molecule has 0 heterocycles. The molecule has 2 atom stereocenters. The summed E-state index contributed by atoms with van der Waals surface area (Å²) in [5.41, 5.74) is 0. The van der Waals surface area contributed by atoms with Crippen molar-refractivity contribution in [1.29, 1.82) is 0 Å². The van der Waals surface area contributed by atoms with Gasteiger partial charge in [0.05, 0.1) is 0 Å². The van der Waals surface area contributed by atoms with Crippen LogP contribution in [0.1, 0.15) is 19.8 Å². The van der Waals surface area contributed by atoms with Gasteiger partial charge in [0.25, 0.3) is 0 Å². The second kappa shape index (κ2) is 5.77. The molecule has 4 heteroatoms. The van der Waals surface area contributed by atoms with Gasteiger partial charge in [0.2, 0.25) is 0 Å². The maximum Gasteiger partial charge on any atom is 0.121 e. The van der Waals surface area contributed by atoms with Crippen LogP contribution in [0, 0.1) is 0 Å². The van der Waals surface area contributed by atoms with Crippen LogP contribution in [0.3, 0.4) is 0 Å². The first-order chi connectivity index (χ1) is 4.13. The first-order valence-corrected chi connectivity index (χ1v) is 11.0. The molecule has 0 amide bonds. The van der Waals surface area contributed by atoms with E-state index < -0.39 is 7.62 Å². The second-order valence-electron chi connectivity index (χ2n) is 2.49. The van der Waals surface area contributed by atoms with Crippen molar-refractivity contribution in [2.45, 2.75) is 31.2 Å². The van der Waals surface area contributed by atoms with Crippen LogP contribution in [0.15, 0.2) is 0 Å². The van der Waals surface area contributed by atoms with Crippen LogP contribution < -0.4 is 0 Å².